The van der Waals surface area contributed by atoms with Crippen LogP contribution in [0.4, 0.5) is 0 Å². The van der Waals surface area contributed by atoms with Gasteiger partial charge in [0.1, 0.15) is 0 Å². The van der Waals surface area contributed by atoms with Crippen LogP contribution in [0.2, 0.25) is 0 Å². The number of aromatic nitrogens is 2. The molecule has 1 aromatic rings. The molecule has 0 bridgehead atoms. The Labute approximate surface area is 142 Å². The maximum atomic E-state index is 4.40. The second-order valence-corrected chi connectivity index (χ2v) is 6.18. The summed E-state index contributed by atoms with van der Waals surface area (Å²) in [5.74, 6) is 2.18. The van der Waals surface area contributed by atoms with Gasteiger partial charge in [-0.05, 0) is 13.3 Å². The van der Waals surface area contributed by atoms with E-state index in [0.717, 1.165) is 36.5 Å². The van der Waals surface area contributed by atoms with Gasteiger partial charge in [-0.1, -0.05) is 6.92 Å². The van der Waals surface area contributed by atoms with Crippen LogP contribution in [0.3, 0.4) is 0 Å². The highest BCUT2D eigenvalue weighted by atomic mass is 127. The van der Waals surface area contributed by atoms with Crippen molar-refractivity contribution in [3.8, 4) is 0 Å². The smallest absolute Gasteiger partial charge is 0.193 e. The summed E-state index contributed by atoms with van der Waals surface area (Å²) in [6.07, 6.45) is 3.09. The molecule has 2 rings (SSSR count). The maximum absolute atomic E-state index is 4.40. The molecule has 0 aromatic carbocycles. The molecule has 0 radical (unpaired) electrons. The Balaban J connectivity index is 0.00000200. The number of aryl methyl sites for hydroxylation is 1. The average molecular weight is 409 g/mol. The van der Waals surface area contributed by atoms with E-state index in [1.54, 1.807) is 0 Å². The van der Waals surface area contributed by atoms with Gasteiger partial charge >= 0.3 is 0 Å². The molecule has 0 saturated carbocycles. The number of hydrogen-bond acceptors (Lipinski definition) is 3. The van der Waals surface area contributed by atoms with Crippen LogP contribution in [0.1, 0.15) is 24.6 Å². The molecule has 0 aliphatic carbocycles. The van der Waals surface area contributed by atoms with Gasteiger partial charge in [0.25, 0.3) is 0 Å². The summed E-state index contributed by atoms with van der Waals surface area (Å²) in [7, 11) is 1.85. The Morgan fingerprint density at radius 2 is 2.45 bits per heavy atom. The number of nitrogens with one attached hydrogen (secondary N) is 2. The fourth-order valence-electron chi connectivity index (χ4n) is 2.22. The summed E-state index contributed by atoms with van der Waals surface area (Å²) >= 11 is 2.07. The van der Waals surface area contributed by atoms with Crippen LogP contribution >= 0.6 is 35.7 Å². The van der Waals surface area contributed by atoms with Crippen molar-refractivity contribution in [3.05, 3.63) is 17.5 Å². The SMILES string of the molecule is CCC1CN(C(=NC)NCc2cn[nH]c2C)CCS1.I. The molecule has 1 aromatic heterocycles. The number of aromatic amines is 1. The molecule has 1 unspecified atom stereocenters. The first-order valence-corrected chi connectivity index (χ1v) is 7.85. The molecule has 1 atom stereocenters. The molecule has 20 heavy (non-hydrogen) atoms. The standard InChI is InChI=1S/C13H23N5S.HI/c1-4-12-9-18(5-6-19-12)13(14-3)15-7-11-8-16-17-10(11)2;/h8,12H,4-7,9H2,1-3H3,(H,14,15)(H,16,17);1H. The average Bonchev–Trinajstić information content (AvgIpc) is 2.85. The number of hydrogen-bond donors (Lipinski definition) is 2. The second kappa shape index (κ2) is 8.76. The van der Waals surface area contributed by atoms with Crippen LogP contribution in [0.15, 0.2) is 11.2 Å². The highest BCUT2D eigenvalue weighted by Crippen LogP contribution is 2.21. The Hall–Kier alpha value is -0.440. The predicted molar refractivity (Wildman–Crippen MR) is 97.0 cm³/mol. The van der Waals surface area contributed by atoms with E-state index in [4.69, 9.17) is 0 Å². The van der Waals surface area contributed by atoms with Gasteiger partial charge in [0.05, 0.1) is 6.20 Å². The molecule has 1 aliphatic heterocycles. The minimum absolute atomic E-state index is 0. The highest BCUT2D eigenvalue weighted by molar-refractivity contribution is 14.0. The first-order chi connectivity index (χ1) is 9.24. The summed E-state index contributed by atoms with van der Waals surface area (Å²) in [6.45, 7) is 7.23. The molecule has 0 spiro atoms. The molecule has 2 N–H and O–H groups in total. The fraction of sp³-hybridized carbons (Fsp3) is 0.692. The lowest BCUT2D eigenvalue weighted by Crippen LogP contribution is -2.47. The van der Waals surface area contributed by atoms with Crippen molar-refractivity contribution in [3.63, 3.8) is 0 Å². The number of guanidine groups is 1. The first kappa shape index (κ1) is 17.6. The molecule has 0 amide bonds. The van der Waals surface area contributed by atoms with E-state index in [-0.39, 0.29) is 24.0 Å². The monoisotopic (exact) mass is 409 g/mol. The van der Waals surface area contributed by atoms with Crippen LogP contribution in [-0.2, 0) is 6.54 Å². The van der Waals surface area contributed by atoms with Crippen molar-refractivity contribution in [2.24, 2.45) is 4.99 Å². The zero-order valence-corrected chi connectivity index (χ0v) is 15.5. The van der Waals surface area contributed by atoms with E-state index in [2.05, 4.69) is 44.1 Å². The third-order valence-corrected chi connectivity index (χ3v) is 4.85. The zero-order valence-electron chi connectivity index (χ0n) is 12.3. The lowest BCUT2D eigenvalue weighted by molar-refractivity contribution is 0.408. The quantitative estimate of drug-likeness (QED) is 0.457. The normalized spacial score (nSPS) is 19.6. The summed E-state index contributed by atoms with van der Waals surface area (Å²) in [5, 5.41) is 11.2. The fourth-order valence-corrected chi connectivity index (χ4v) is 3.40. The van der Waals surface area contributed by atoms with Gasteiger partial charge in [0.2, 0.25) is 0 Å². The van der Waals surface area contributed by atoms with Crippen LogP contribution in [0.25, 0.3) is 0 Å². The number of H-pyrrole nitrogens is 1. The molecule has 114 valence electrons. The molecule has 1 fully saturated rings. The number of rotatable bonds is 3. The van der Waals surface area contributed by atoms with Crippen molar-refractivity contribution in [2.45, 2.75) is 32.1 Å². The van der Waals surface area contributed by atoms with Crippen LogP contribution in [0, 0.1) is 6.92 Å². The van der Waals surface area contributed by atoms with E-state index < -0.39 is 0 Å². The van der Waals surface area contributed by atoms with Gasteiger partial charge in [-0.25, -0.2) is 0 Å². The number of halogens is 1. The summed E-state index contributed by atoms with van der Waals surface area (Å²) in [5.41, 5.74) is 2.31. The molecule has 1 aliphatic rings. The van der Waals surface area contributed by atoms with Gasteiger partial charge in [-0.3, -0.25) is 10.1 Å². The Morgan fingerprint density at radius 1 is 1.65 bits per heavy atom. The molecular weight excluding hydrogens is 385 g/mol. The second-order valence-electron chi connectivity index (χ2n) is 4.77. The van der Waals surface area contributed by atoms with Gasteiger partial charge in [0, 0.05) is 48.9 Å². The van der Waals surface area contributed by atoms with Gasteiger partial charge < -0.3 is 10.2 Å². The Morgan fingerprint density at radius 3 is 3.05 bits per heavy atom. The van der Waals surface area contributed by atoms with Gasteiger partial charge in [-0.2, -0.15) is 16.9 Å². The van der Waals surface area contributed by atoms with Gasteiger partial charge in [-0.15, -0.1) is 24.0 Å². The maximum Gasteiger partial charge on any atom is 0.193 e. The van der Waals surface area contributed by atoms with Crippen molar-refractivity contribution in [1.29, 1.82) is 0 Å². The van der Waals surface area contributed by atoms with Crippen molar-refractivity contribution >= 4 is 41.7 Å². The minimum atomic E-state index is 0. The largest absolute Gasteiger partial charge is 0.352 e. The molecule has 7 heteroatoms. The topological polar surface area (TPSA) is 56.3 Å². The number of nitrogens with zero attached hydrogens (tertiary/aromatic N) is 3. The first-order valence-electron chi connectivity index (χ1n) is 6.80. The molecule has 1 saturated heterocycles. The Kier molecular flexibility index (Phi) is 7.71. The summed E-state index contributed by atoms with van der Waals surface area (Å²) < 4.78 is 0. The van der Waals surface area contributed by atoms with Crippen molar-refractivity contribution < 1.29 is 0 Å². The van der Waals surface area contributed by atoms with E-state index in [1.807, 2.05) is 20.2 Å². The van der Waals surface area contributed by atoms with Gasteiger partial charge in [0.15, 0.2) is 5.96 Å². The lowest BCUT2D eigenvalue weighted by atomic mass is 10.2. The number of thioether (sulfide) groups is 1. The van der Waals surface area contributed by atoms with E-state index in [0.29, 0.717) is 0 Å². The lowest BCUT2D eigenvalue weighted by Gasteiger charge is -2.34. The van der Waals surface area contributed by atoms with Crippen LogP contribution in [0.5, 0.6) is 0 Å². The minimum Gasteiger partial charge on any atom is -0.352 e. The molecular formula is C13H24IN5S. The highest BCUT2D eigenvalue weighted by Gasteiger charge is 2.21. The van der Waals surface area contributed by atoms with E-state index in [1.165, 1.54) is 17.7 Å². The molecule has 5 nitrogen and oxygen atoms in total. The third kappa shape index (κ3) is 4.54. The van der Waals surface area contributed by atoms with Crippen LogP contribution < -0.4 is 5.32 Å². The molecule has 2 heterocycles. The summed E-state index contributed by atoms with van der Waals surface area (Å²) in [4.78, 5) is 6.76. The third-order valence-electron chi connectivity index (χ3n) is 3.48. The summed E-state index contributed by atoms with van der Waals surface area (Å²) in [6, 6.07) is 0. The Bertz CT molecular complexity index is 434. The zero-order chi connectivity index (χ0) is 13.7. The van der Waals surface area contributed by atoms with Crippen molar-refractivity contribution in [2.75, 3.05) is 25.9 Å². The van der Waals surface area contributed by atoms with Crippen LogP contribution in [-0.4, -0.2) is 52.2 Å². The number of aliphatic imine (C=N–C) groups is 1. The predicted octanol–water partition coefficient (Wildman–Crippen LogP) is 2.24. The van der Waals surface area contributed by atoms with E-state index >= 15 is 0 Å². The van der Waals surface area contributed by atoms with E-state index in [9.17, 15) is 0 Å². The van der Waals surface area contributed by atoms with Crippen molar-refractivity contribution in [1.82, 2.24) is 20.4 Å².